The molecule has 0 fully saturated rings. The molecule has 1 aromatic heterocycles. The second-order valence-corrected chi connectivity index (χ2v) is 7.75. The SMILES string of the molecule is CCc1ccccc1NC(=O)[C@@H]1Sc2nnc(CC)n2N[C@@H]1c1ccccc1. The van der Waals surface area contributed by atoms with Gasteiger partial charge in [-0.25, -0.2) is 4.68 Å². The fraction of sp³-hybridized carbons (Fsp3) is 0.286. The summed E-state index contributed by atoms with van der Waals surface area (Å²) in [5.74, 6) is 0.818. The Morgan fingerprint density at radius 1 is 1.07 bits per heavy atom. The van der Waals surface area contributed by atoms with Crippen molar-refractivity contribution in [1.29, 1.82) is 0 Å². The minimum atomic E-state index is -0.367. The van der Waals surface area contributed by atoms with E-state index in [1.54, 1.807) is 0 Å². The van der Waals surface area contributed by atoms with Gasteiger partial charge in [0.15, 0.2) is 5.82 Å². The molecule has 0 spiro atoms. The van der Waals surface area contributed by atoms with Crippen molar-refractivity contribution in [3.63, 3.8) is 0 Å². The largest absolute Gasteiger partial charge is 0.325 e. The summed E-state index contributed by atoms with van der Waals surface area (Å²) in [6.45, 7) is 4.13. The van der Waals surface area contributed by atoms with Crippen LogP contribution in [0.3, 0.4) is 0 Å². The van der Waals surface area contributed by atoms with Crippen LogP contribution in [0.25, 0.3) is 0 Å². The average Bonchev–Trinajstić information content (AvgIpc) is 3.16. The highest BCUT2D eigenvalue weighted by Gasteiger charge is 2.37. The molecule has 6 nitrogen and oxygen atoms in total. The van der Waals surface area contributed by atoms with Crippen LogP contribution in [0.2, 0.25) is 0 Å². The number of fused-ring (bicyclic) bond motifs is 1. The molecule has 1 aliphatic heterocycles. The molecule has 0 saturated carbocycles. The number of hydrogen-bond acceptors (Lipinski definition) is 5. The van der Waals surface area contributed by atoms with Crippen molar-refractivity contribution in [1.82, 2.24) is 14.9 Å². The van der Waals surface area contributed by atoms with Crippen molar-refractivity contribution in [3.8, 4) is 0 Å². The van der Waals surface area contributed by atoms with Crippen LogP contribution in [-0.4, -0.2) is 26.0 Å². The van der Waals surface area contributed by atoms with E-state index in [9.17, 15) is 4.79 Å². The van der Waals surface area contributed by atoms with E-state index in [0.29, 0.717) is 5.16 Å². The van der Waals surface area contributed by atoms with Crippen LogP contribution in [0.4, 0.5) is 5.69 Å². The van der Waals surface area contributed by atoms with Crippen molar-refractivity contribution in [2.75, 3.05) is 10.7 Å². The van der Waals surface area contributed by atoms with Crippen LogP contribution in [0.1, 0.15) is 36.8 Å². The van der Waals surface area contributed by atoms with Crippen molar-refractivity contribution in [3.05, 3.63) is 71.5 Å². The minimum Gasteiger partial charge on any atom is -0.325 e. The van der Waals surface area contributed by atoms with Crippen LogP contribution in [0.5, 0.6) is 0 Å². The number of benzene rings is 2. The average molecular weight is 394 g/mol. The summed E-state index contributed by atoms with van der Waals surface area (Å²) in [5.41, 5.74) is 6.51. The molecule has 2 atom stereocenters. The smallest absolute Gasteiger partial charge is 0.240 e. The summed E-state index contributed by atoms with van der Waals surface area (Å²) in [6, 6.07) is 17.8. The summed E-state index contributed by atoms with van der Waals surface area (Å²) in [5, 5.41) is 12.0. The first-order chi connectivity index (χ1) is 13.7. The number of rotatable bonds is 5. The second-order valence-electron chi connectivity index (χ2n) is 6.64. The molecule has 1 aliphatic rings. The molecule has 7 heteroatoms. The Bertz CT molecular complexity index is 972. The second kappa shape index (κ2) is 8.06. The maximum Gasteiger partial charge on any atom is 0.240 e. The molecule has 0 unspecified atom stereocenters. The zero-order chi connectivity index (χ0) is 19.5. The molecule has 3 aromatic rings. The summed E-state index contributed by atoms with van der Waals surface area (Å²) < 4.78 is 1.91. The Morgan fingerprint density at radius 3 is 2.57 bits per heavy atom. The van der Waals surface area contributed by atoms with Gasteiger partial charge in [-0.2, -0.15) is 0 Å². The van der Waals surface area contributed by atoms with E-state index < -0.39 is 0 Å². The molecule has 2 aromatic carbocycles. The summed E-state index contributed by atoms with van der Waals surface area (Å²) in [7, 11) is 0. The van der Waals surface area contributed by atoms with Gasteiger partial charge >= 0.3 is 0 Å². The van der Waals surface area contributed by atoms with Crippen LogP contribution in [0.15, 0.2) is 59.8 Å². The van der Waals surface area contributed by atoms with E-state index in [1.807, 2.05) is 66.2 Å². The first-order valence-electron chi connectivity index (χ1n) is 9.52. The van der Waals surface area contributed by atoms with Gasteiger partial charge in [0, 0.05) is 12.1 Å². The molecule has 2 N–H and O–H groups in total. The van der Waals surface area contributed by atoms with Crippen molar-refractivity contribution in [2.24, 2.45) is 0 Å². The molecule has 2 heterocycles. The summed E-state index contributed by atoms with van der Waals surface area (Å²) in [6.07, 6.45) is 1.63. The number of nitrogens with one attached hydrogen (secondary N) is 2. The number of nitrogens with zero attached hydrogens (tertiary/aromatic N) is 3. The highest BCUT2D eigenvalue weighted by atomic mass is 32.2. The molecule has 144 valence electrons. The summed E-state index contributed by atoms with van der Waals surface area (Å²) >= 11 is 1.45. The van der Waals surface area contributed by atoms with E-state index in [1.165, 1.54) is 11.8 Å². The predicted octanol–water partition coefficient (Wildman–Crippen LogP) is 3.80. The fourth-order valence-corrected chi connectivity index (χ4v) is 4.49. The number of para-hydroxylation sites is 1. The Kier molecular flexibility index (Phi) is 5.34. The molecule has 0 radical (unpaired) electrons. The van der Waals surface area contributed by atoms with Crippen LogP contribution in [0, 0.1) is 0 Å². The first-order valence-corrected chi connectivity index (χ1v) is 10.4. The number of amides is 1. The van der Waals surface area contributed by atoms with Crippen molar-refractivity contribution < 1.29 is 4.79 Å². The van der Waals surface area contributed by atoms with Gasteiger partial charge in [-0.05, 0) is 23.6 Å². The van der Waals surface area contributed by atoms with Gasteiger partial charge in [-0.3, -0.25) is 4.79 Å². The van der Waals surface area contributed by atoms with E-state index in [-0.39, 0.29) is 17.2 Å². The number of carbonyl (C=O) groups is 1. The first kappa shape index (κ1) is 18.6. The predicted molar refractivity (Wildman–Crippen MR) is 112 cm³/mol. The van der Waals surface area contributed by atoms with Crippen LogP contribution < -0.4 is 10.7 Å². The van der Waals surface area contributed by atoms with Gasteiger partial charge in [0.2, 0.25) is 11.1 Å². The van der Waals surface area contributed by atoms with Crippen LogP contribution >= 0.6 is 11.8 Å². The van der Waals surface area contributed by atoms with E-state index in [2.05, 4.69) is 27.9 Å². The zero-order valence-corrected chi connectivity index (χ0v) is 16.7. The Morgan fingerprint density at radius 2 is 1.82 bits per heavy atom. The summed E-state index contributed by atoms with van der Waals surface area (Å²) in [4.78, 5) is 13.3. The van der Waals surface area contributed by atoms with E-state index in [0.717, 1.165) is 35.5 Å². The number of aromatic nitrogens is 3. The van der Waals surface area contributed by atoms with Crippen molar-refractivity contribution >= 4 is 23.4 Å². The van der Waals surface area contributed by atoms with Gasteiger partial charge in [0.05, 0.1) is 6.04 Å². The van der Waals surface area contributed by atoms with E-state index >= 15 is 0 Å². The molecular formula is C21H23N5OS. The lowest BCUT2D eigenvalue weighted by atomic mass is 10.0. The van der Waals surface area contributed by atoms with Gasteiger partial charge in [-0.1, -0.05) is 74.1 Å². The van der Waals surface area contributed by atoms with Crippen molar-refractivity contribution in [2.45, 2.75) is 43.1 Å². The Labute approximate surface area is 168 Å². The van der Waals surface area contributed by atoms with E-state index in [4.69, 9.17) is 0 Å². The Balaban J connectivity index is 1.67. The fourth-order valence-electron chi connectivity index (χ4n) is 3.39. The number of hydrogen-bond donors (Lipinski definition) is 2. The normalized spacial score (nSPS) is 18.2. The molecule has 4 rings (SSSR count). The van der Waals surface area contributed by atoms with Gasteiger partial charge in [-0.15, -0.1) is 10.2 Å². The lowest BCUT2D eigenvalue weighted by Crippen LogP contribution is -2.41. The molecule has 0 aliphatic carbocycles. The number of thioether (sulfide) groups is 1. The van der Waals surface area contributed by atoms with Gasteiger partial charge < -0.3 is 10.7 Å². The maximum atomic E-state index is 13.3. The standard InChI is InChI=1S/C21H23N5OS/c1-3-14-10-8-9-13-16(14)22-20(27)19-18(15-11-6-5-7-12-15)25-26-17(4-2)23-24-21(26)28-19/h5-13,18-19,25H,3-4H2,1-2H3,(H,22,27)/t18-,19-/m1/s1. The van der Waals surface area contributed by atoms with Gasteiger partial charge in [0.25, 0.3) is 0 Å². The molecular weight excluding hydrogens is 370 g/mol. The third-order valence-corrected chi connectivity index (χ3v) is 6.11. The molecule has 1 amide bonds. The topological polar surface area (TPSA) is 71.8 Å². The third kappa shape index (κ3) is 3.49. The highest BCUT2D eigenvalue weighted by Crippen LogP contribution is 2.37. The maximum absolute atomic E-state index is 13.3. The third-order valence-electron chi connectivity index (χ3n) is 4.89. The number of aryl methyl sites for hydroxylation is 2. The quantitative estimate of drug-likeness (QED) is 0.690. The molecule has 0 saturated heterocycles. The Hall–Kier alpha value is -2.80. The molecule has 0 bridgehead atoms. The monoisotopic (exact) mass is 393 g/mol. The number of anilines is 1. The van der Waals surface area contributed by atoms with Crippen LogP contribution in [-0.2, 0) is 17.6 Å². The molecule has 28 heavy (non-hydrogen) atoms. The highest BCUT2D eigenvalue weighted by molar-refractivity contribution is 8.00. The zero-order valence-electron chi connectivity index (χ0n) is 15.9. The minimum absolute atomic E-state index is 0.0421. The lowest BCUT2D eigenvalue weighted by molar-refractivity contribution is -0.116. The lowest BCUT2D eigenvalue weighted by Gasteiger charge is -2.33. The number of carbonyl (C=O) groups excluding carboxylic acids is 1. The van der Waals surface area contributed by atoms with Gasteiger partial charge in [0.1, 0.15) is 5.25 Å².